The van der Waals surface area contributed by atoms with Crippen LogP contribution in [0, 0.1) is 0 Å². The summed E-state index contributed by atoms with van der Waals surface area (Å²) < 4.78 is 1.47. The van der Waals surface area contributed by atoms with E-state index in [0.29, 0.717) is 29.7 Å². The van der Waals surface area contributed by atoms with E-state index in [1.807, 2.05) is 54.6 Å². The van der Waals surface area contributed by atoms with E-state index in [9.17, 15) is 9.59 Å². The molecule has 2 aromatic heterocycles. The molecule has 138 valence electrons. The van der Waals surface area contributed by atoms with Gasteiger partial charge in [-0.15, -0.1) is 0 Å². The molecule has 0 unspecified atom stereocenters. The highest BCUT2D eigenvalue weighted by molar-refractivity contribution is 5.94. The predicted octanol–water partition coefficient (Wildman–Crippen LogP) is 2.89. The Bertz CT molecular complexity index is 1230. The zero-order valence-corrected chi connectivity index (χ0v) is 15.1. The number of H-pyrrole nitrogens is 1. The Hall–Kier alpha value is -3.67. The Labute approximate surface area is 161 Å². The van der Waals surface area contributed by atoms with Crippen molar-refractivity contribution in [3.63, 3.8) is 0 Å². The minimum Gasteiger partial charge on any atom is -0.334 e. The molecular weight excluding hydrogens is 352 g/mol. The number of carbonyl (C=O) groups excluding carboxylic acids is 1. The first-order valence-electron chi connectivity index (χ1n) is 9.24. The van der Waals surface area contributed by atoms with E-state index in [2.05, 4.69) is 10.1 Å². The van der Waals surface area contributed by atoms with Crippen molar-refractivity contribution in [2.45, 2.75) is 13.0 Å². The Morgan fingerprint density at radius 1 is 1.00 bits per heavy atom. The third-order valence-corrected chi connectivity index (χ3v) is 5.15. The van der Waals surface area contributed by atoms with Crippen LogP contribution in [0.1, 0.15) is 21.6 Å². The molecule has 0 saturated heterocycles. The van der Waals surface area contributed by atoms with Gasteiger partial charge in [-0.25, -0.2) is 9.50 Å². The normalized spacial score (nSPS) is 13.5. The van der Waals surface area contributed by atoms with Crippen molar-refractivity contribution in [1.82, 2.24) is 19.5 Å². The van der Waals surface area contributed by atoms with Gasteiger partial charge in [0.15, 0.2) is 5.65 Å². The maximum atomic E-state index is 13.1. The smallest absolute Gasteiger partial charge is 0.277 e. The number of aromatic nitrogens is 3. The first-order chi connectivity index (χ1) is 13.7. The first-order valence-corrected chi connectivity index (χ1v) is 9.24. The number of fused-ring (bicyclic) bond motifs is 2. The monoisotopic (exact) mass is 370 g/mol. The van der Waals surface area contributed by atoms with Crippen LogP contribution < -0.4 is 5.56 Å². The second-order valence-electron chi connectivity index (χ2n) is 6.91. The van der Waals surface area contributed by atoms with Gasteiger partial charge in [-0.3, -0.25) is 14.7 Å². The van der Waals surface area contributed by atoms with E-state index >= 15 is 0 Å². The maximum absolute atomic E-state index is 13.1. The Morgan fingerprint density at radius 2 is 1.71 bits per heavy atom. The molecule has 1 N–H and O–H groups in total. The number of carbonyl (C=O) groups is 1. The number of hydrogen-bond acceptors (Lipinski definition) is 3. The zero-order valence-electron chi connectivity index (χ0n) is 15.1. The van der Waals surface area contributed by atoms with Crippen LogP contribution in [-0.2, 0) is 13.0 Å². The molecule has 0 atom stereocenters. The highest BCUT2D eigenvalue weighted by Gasteiger charge is 2.26. The second-order valence-corrected chi connectivity index (χ2v) is 6.91. The molecule has 0 saturated carbocycles. The van der Waals surface area contributed by atoms with Crippen LogP contribution in [0.2, 0.25) is 0 Å². The summed E-state index contributed by atoms with van der Waals surface area (Å²) in [6, 6.07) is 20.9. The van der Waals surface area contributed by atoms with Crippen molar-refractivity contribution in [1.29, 1.82) is 0 Å². The molecule has 5 rings (SSSR count). The lowest BCUT2D eigenvalue weighted by molar-refractivity contribution is 0.0732. The molecule has 0 radical (unpaired) electrons. The fourth-order valence-electron chi connectivity index (χ4n) is 3.68. The summed E-state index contributed by atoms with van der Waals surface area (Å²) in [5.41, 5.74) is 4.27. The molecule has 6 nitrogen and oxygen atoms in total. The number of amides is 1. The SMILES string of the molecule is O=C(c1ccccc1)N1CCc2nc3cc(-c4ccccc4)[nH]n3c(=O)c2C1. The number of hydrogen-bond donors (Lipinski definition) is 1. The Balaban J connectivity index is 1.53. The van der Waals surface area contributed by atoms with Crippen LogP contribution in [0.25, 0.3) is 16.9 Å². The molecule has 0 spiro atoms. The summed E-state index contributed by atoms with van der Waals surface area (Å²) in [4.78, 5) is 32.2. The zero-order chi connectivity index (χ0) is 19.1. The lowest BCUT2D eigenvalue weighted by Crippen LogP contribution is -2.40. The standard InChI is InChI=1S/C22H18N4O2/c27-21(16-9-5-2-6-10-16)25-12-11-18-17(14-25)22(28)26-20(23-18)13-19(24-26)15-7-3-1-4-8-15/h1-10,13,24H,11-12,14H2. The van der Waals surface area contributed by atoms with Gasteiger partial charge < -0.3 is 4.90 Å². The van der Waals surface area contributed by atoms with Gasteiger partial charge in [-0.2, -0.15) is 0 Å². The summed E-state index contributed by atoms with van der Waals surface area (Å²) in [6.07, 6.45) is 0.575. The minimum absolute atomic E-state index is 0.0628. The second kappa shape index (κ2) is 6.49. The van der Waals surface area contributed by atoms with Gasteiger partial charge in [-0.1, -0.05) is 48.5 Å². The van der Waals surface area contributed by atoms with Crippen molar-refractivity contribution < 1.29 is 4.79 Å². The average Bonchev–Trinajstić information content (AvgIpc) is 3.19. The fourth-order valence-corrected chi connectivity index (χ4v) is 3.68. The van der Waals surface area contributed by atoms with E-state index in [-0.39, 0.29) is 18.0 Å². The molecule has 2 aromatic carbocycles. The highest BCUT2D eigenvalue weighted by Crippen LogP contribution is 2.21. The molecule has 6 heteroatoms. The summed E-state index contributed by atoms with van der Waals surface area (Å²) in [5, 5.41) is 3.14. The minimum atomic E-state index is -0.146. The first kappa shape index (κ1) is 16.5. The summed E-state index contributed by atoms with van der Waals surface area (Å²) >= 11 is 0. The van der Waals surface area contributed by atoms with Gasteiger partial charge in [0.1, 0.15) is 0 Å². The Kier molecular flexibility index (Phi) is 3.83. The number of rotatable bonds is 2. The molecule has 0 fully saturated rings. The molecule has 1 aliphatic rings. The van der Waals surface area contributed by atoms with Crippen molar-refractivity contribution in [2.24, 2.45) is 0 Å². The van der Waals surface area contributed by atoms with E-state index in [4.69, 9.17) is 0 Å². The molecule has 1 amide bonds. The van der Waals surface area contributed by atoms with Crippen LogP contribution in [-0.4, -0.2) is 31.9 Å². The van der Waals surface area contributed by atoms with Crippen molar-refractivity contribution >= 4 is 11.6 Å². The third kappa shape index (κ3) is 2.70. The number of nitrogens with zero attached hydrogens (tertiary/aromatic N) is 3. The van der Waals surface area contributed by atoms with E-state index in [1.165, 1.54) is 4.52 Å². The quantitative estimate of drug-likeness (QED) is 0.590. The molecule has 28 heavy (non-hydrogen) atoms. The predicted molar refractivity (Wildman–Crippen MR) is 106 cm³/mol. The fraction of sp³-hybridized carbons (Fsp3) is 0.136. The molecule has 1 aliphatic heterocycles. The van der Waals surface area contributed by atoms with Crippen LogP contribution in [0.15, 0.2) is 71.5 Å². The average molecular weight is 370 g/mol. The molecular formula is C22H18N4O2. The van der Waals surface area contributed by atoms with Gasteiger partial charge in [-0.05, 0) is 17.7 Å². The molecule has 0 bridgehead atoms. The third-order valence-electron chi connectivity index (χ3n) is 5.15. The van der Waals surface area contributed by atoms with Gasteiger partial charge in [0.25, 0.3) is 11.5 Å². The largest absolute Gasteiger partial charge is 0.334 e. The van der Waals surface area contributed by atoms with Crippen LogP contribution in [0.4, 0.5) is 0 Å². The topological polar surface area (TPSA) is 70.5 Å². The van der Waals surface area contributed by atoms with E-state index in [0.717, 1.165) is 17.0 Å². The summed E-state index contributed by atoms with van der Waals surface area (Å²) in [5.74, 6) is -0.0628. The number of aromatic amines is 1. The molecule has 3 heterocycles. The Morgan fingerprint density at radius 3 is 2.46 bits per heavy atom. The van der Waals surface area contributed by atoms with E-state index in [1.54, 1.807) is 17.0 Å². The van der Waals surface area contributed by atoms with Gasteiger partial charge >= 0.3 is 0 Å². The van der Waals surface area contributed by atoms with Gasteiger partial charge in [0.05, 0.1) is 23.5 Å². The van der Waals surface area contributed by atoms with Crippen molar-refractivity contribution in [3.05, 3.63) is 93.9 Å². The highest BCUT2D eigenvalue weighted by atomic mass is 16.2. The van der Waals surface area contributed by atoms with Crippen LogP contribution in [0.5, 0.6) is 0 Å². The molecule has 0 aliphatic carbocycles. The van der Waals surface area contributed by atoms with Crippen LogP contribution >= 0.6 is 0 Å². The van der Waals surface area contributed by atoms with E-state index < -0.39 is 0 Å². The lowest BCUT2D eigenvalue weighted by Gasteiger charge is -2.27. The summed E-state index contributed by atoms with van der Waals surface area (Å²) in [7, 11) is 0. The number of benzene rings is 2. The van der Waals surface area contributed by atoms with Gasteiger partial charge in [0, 0.05) is 24.6 Å². The van der Waals surface area contributed by atoms with Crippen molar-refractivity contribution in [2.75, 3.05) is 6.54 Å². The summed E-state index contributed by atoms with van der Waals surface area (Å²) in [6.45, 7) is 0.830. The lowest BCUT2D eigenvalue weighted by atomic mass is 10.1. The van der Waals surface area contributed by atoms with Crippen LogP contribution in [0.3, 0.4) is 0 Å². The number of nitrogens with one attached hydrogen (secondary N) is 1. The van der Waals surface area contributed by atoms with Gasteiger partial charge in [0.2, 0.25) is 0 Å². The maximum Gasteiger partial charge on any atom is 0.277 e. The molecule has 4 aromatic rings. The van der Waals surface area contributed by atoms with Crippen molar-refractivity contribution in [3.8, 4) is 11.3 Å².